The van der Waals surface area contributed by atoms with Crippen molar-refractivity contribution < 1.29 is 4.74 Å². The summed E-state index contributed by atoms with van der Waals surface area (Å²) in [6.45, 7) is 9.28. The summed E-state index contributed by atoms with van der Waals surface area (Å²) in [5.41, 5.74) is 5.18. The van der Waals surface area contributed by atoms with Gasteiger partial charge in [0.2, 0.25) is 0 Å². The van der Waals surface area contributed by atoms with Crippen molar-refractivity contribution in [3.63, 3.8) is 0 Å². The highest BCUT2D eigenvalue weighted by molar-refractivity contribution is 5.67. The van der Waals surface area contributed by atoms with E-state index in [0.717, 1.165) is 12.2 Å². The molecule has 0 bridgehead atoms. The van der Waals surface area contributed by atoms with Crippen LogP contribution < -0.4 is 4.74 Å². The third kappa shape index (κ3) is 4.52. The molecule has 0 saturated heterocycles. The fourth-order valence-corrected chi connectivity index (χ4v) is 2.31. The van der Waals surface area contributed by atoms with Gasteiger partial charge in [0.1, 0.15) is 12.4 Å². The van der Waals surface area contributed by atoms with E-state index < -0.39 is 0 Å². The average Bonchev–Trinajstić information content (AvgIpc) is 2.86. The number of rotatable bonds is 6. The molecule has 2 nitrogen and oxygen atoms in total. The van der Waals surface area contributed by atoms with Gasteiger partial charge in [0.25, 0.3) is 0 Å². The van der Waals surface area contributed by atoms with Crippen molar-refractivity contribution in [3.8, 4) is 16.9 Å². The number of nitrogens with one attached hydrogen (secondary N) is 1. The van der Waals surface area contributed by atoms with E-state index in [1.807, 2.05) is 12.1 Å². The van der Waals surface area contributed by atoms with Gasteiger partial charge >= 0.3 is 0 Å². The molecule has 1 aromatic heterocycles. The van der Waals surface area contributed by atoms with E-state index >= 15 is 0 Å². The maximum Gasteiger partial charge on any atom is 0.119 e. The molecule has 112 valence electrons. The van der Waals surface area contributed by atoms with E-state index in [-0.39, 0.29) is 0 Å². The van der Waals surface area contributed by atoms with Crippen LogP contribution in [-0.4, -0.2) is 11.6 Å². The predicted molar refractivity (Wildman–Crippen MR) is 89.7 cm³/mol. The Bertz CT molecular complexity index is 586. The Labute approximate surface area is 127 Å². The van der Waals surface area contributed by atoms with Crippen molar-refractivity contribution in [2.75, 3.05) is 6.61 Å². The van der Waals surface area contributed by atoms with Crippen LogP contribution in [0.25, 0.3) is 11.1 Å². The first kappa shape index (κ1) is 15.4. The van der Waals surface area contributed by atoms with Crippen molar-refractivity contribution in [1.82, 2.24) is 4.98 Å². The second-order valence-corrected chi connectivity index (χ2v) is 6.11. The van der Waals surface area contributed by atoms with Crippen molar-refractivity contribution in [1.29, 1.82) is 0 Å². The molecule has 1 N–H and O–H groups in total. The molecule has 2 rings (SSSR count). The summed E-state index contributed by atoms with van der Waals surface area (Å²) < 4.78 is 5.70. The lowest BCUT2D eigenvalue weighted by Gasteiger charge is -2.08. The molecule has 1 heterocycles. The molecule has 0 amide bonds. The number of allylic oxidation sites excluding steroid dienone is 1. The van der Waals surface area contributed by atoms with E-state index in [2.05, 4.69) is 63.3 Å². The molecule has 0 radical (unpaired) electrons. The summed E-state index contributed by atoms with van der Waals surface area (Å²) in [5.74, 6) is 1.57. The molecule has 0 aliphatic heterocycles. The van der Waals surface area contributed by atoms with Gasteiger partial charge in [0.05, 0.1) is 0 Å². The van der Waals surface area contributed by atoms with E-state index in [1.54, 1.807) is 0 Å². The molecular formula is C19H25NO. The van der Waals surface area contributed by atoms with Crippen LogP contribution in [0.5, 0.6) is 5.75 Å². The molecular weight excluding hydrogens is 258 g/mol. The quantitative estimate of drug-likeness (QED) is 0.722. The van der Waals surface area contributed by atoms with Crippen LogP contribution in [0.4, 0.5) is 0 Å². The van der Waals surface area contributed by atoms with Crippen LogP contribution in [0.2, 0.25) is 0 Å². The molecule has 2 aromatic rings. The van der Waals surface area contributed by atoms with Crippen molar-refractivity contribution in [2.24, 2.45) is 5.92 Å². The van der Waals surface area contributed by atoms with E-state index in [1.165, 1.54) is 22.3 Å². The predicted octanol–water partition coefficient (Wildman–Crippen LogP) is 5.23. The summed E-state index contributed by atoms with van der Waals surface area (Å²) in [6, 6.07) is 8.34. The molecule has 0 aliphatic carbocycles. The van der Waals surface area contributed by atoms with Gasteiger partial charge < -0.3 is 9.72 Å². The summed E-state index contributed by atoms with van der Waals surface area (Å²) in [7, 11) is 0. The monoisotopic (exact) mass is 283 g/mol. The second kappa shape index (κ2) is 7.16. The summed E-state index contributed by atoms with van der Waals surface area (Å²) in [6.07, 6.45) is 7.36. The molecule has 21 heavy (non-hydrogen) atoms. The van der Waals surface area contributed by atoms with Crippen LogP contribution in [0.3, 0.4) is 0 Å². The van der Waals surface area contributed by atoms with E-state index in [4.69, 9.17) is 4.74 Å². The van der Waals surface area contributed by atoms with Crippen molar-refractivity contribution in [2.45, 2.75) is 34.1 Å². The highest BCUT2D eigenvalue weighted by Gasteiger charge is 2.08. The number of aromatic nitrogens is 1. The zero-order valence-corrected chi connectivity index (χ0v) is 13.4. The fourth-order valence-electron chi connectivity index (χ4n) is 2.31. The third-order valence-electron chi connectivity index (χ3n) is 3.37. The van der Waals surface area contributed by atoms with Gasteiger partial charge in [-0.25, -0.2) is 0 Å². The number of benzene rings is 1. The van der Waals surface area contributed by atoms with Gasteiger partial charge in [0, 0.05) is 18.0 Å². The Balaban J connectivity index is 2.08. The third-order valence-corrected chi connectivity index (χ3v) is 3.37. The second-order valence-electron chi connectivity index (χ2n) is 6.11. The van der Waals surface area contributed by atoms with Crippen molar-refractivity contribution >= 4 is 0 Å². The van der Waals surface area contributed by atoms with Crippen LogP contribution in [0.1, 0.15) is 33.3 Å². The lowest BCUT2D eigenvalue weighted by molar-refractivity contribution is 0.362. The number of ether oxygens (including phenoxy) is 1. The normalized spacial score (nSPS) is 10.7. The van der Waals surface area contributed by atoms with E-state index in [9.17, 15) is 0 Å². The van der Waals surface area contributed by atoms with Crippen LogP contribution in [-0.2, 0) is 6.42 Å². The minimum atomic E-state index is 0.629. The van der Waals surface area contributed by atoms with Crippen LogP contribution >= 0.6 is 0 Å². The van der Waals surface area contributed by atoms with Gasteiger partial charge in [-0.15, -0.1) is 0 Å². The van der Waals surface area contributed by atoms with Gasteiger partial charge in [-0.2, -0.15) is 0 Å². The zero-order chi connectivity index (χ0) is 15.2. The maximum absolute atomic E-state index is 5.70. The number of H-pyrrole nitrogens is 1. The molecule has 2 heteroatoms. The molecule has 0 fully saturated rings. The molecule has 1 aromatic carbocycles. The summed E-state index contributed by atoms with van der Waals surface area (Å²) in [4.78, 5) is 3.22. The van der Waals surface area contributed by atoms with Gasteiger partial charge in [0.15, 0.2) is 0 Å². The SMILES string of the molecule is CC(C)=CCOc1ccc(-c2c[nH]cc2CC(C)C)cc1. The molecule has 0 aliphatic rings. The first-order valence-electron chi connectivity index (χ1n) is 7.58. The molecule has 0 spiro atoms. The summed E-state index contributed by atoms with van der Waals surface area (Å²) in [5, 5.41) is 0. The fraction of sp³-hybridized carbons (Fsp3) is 0.368. The van der Waals surface area contributed by atoms with Crippen LogP contribution in [0.15, 0.2) is 48.3 Å². The Hall–Kier alpha value is -1.96. The van der Waals surface area contributed by atoms with Gasteiger partial charge in [-0.3, -0.25) is 0 Å². The summed E-state index contributed by atoms with van der Waals surface area (Å²) >= 11 is 0. The van der Waals surface area contributed by atoms with Gasteiger partial charge in [-0.1, -0.05) is 31.6 Å². The first-order valence-corrected chi connectivity index (χ1v) is 7.58. The maximum atomic E-state index is 5.70. The van der Waals surface area contributed by atoms with Crippen molar-refractivity contribution in [3.05, 3.63) is 53.9 Å². The molecule has 0 unspecified atom stereocenters. The molecule has 0 atom stereocenters. The first-order chi connectivity index (χ1) is 10.1. The van der Waals surface area contributed by atoms with Gasteiger partial charge in [-0.05, 0) is 55.5 Å². The highest BCUT2D eigenvalue weighted by Crippen LogP contribution is 2.27. The minimum Gasteiger partial charge on any atom is -0.490 e. The van der Waals surface area contributed by atoms with E-state index in [0.29, 0.717) is 12.5 Å². The Morgan fingerprint density at radius 2 is 1.86 bits per heavy atom. The lowest BCUT2D eigenvalue weighted by Crippen LogP contribution is -1.95. The van der Waals surface area contributed by atoms with Crippen LogP contribution in [0, 0.1) is 5.92 Å². The standard InChI is InChI=1S/C19H25NO/c1-14(2)9-10-21-18-7-5-16(6-8-18)19-13-20-12-17(19)11-15(3)4/h5-9,12-13,15,20H,10-11H2,1-4H3. The Morgan fingerprint density at radius 1 is 1.14 bits per heavy atom. The lowest BCUT2D eigenvalue weighted by atomic mass is 9.98. The average molecular weight is 283 g/mol. The minimum absolute atomic E-state index is 0.629. The smallest absolute Gasteiger partial charge is 0.119 e. The Kier molecular flexibility index (Phi) is 5.26. The number of hydrogen-bond acceptors (Lipinski definition) is 1. The topological polar surface area (TPSA) is 25.0 Å². The largest absolute Gasteiger partial charge is 0.490 e. The number of hydrogen-bond donors (Lipinski definition) is 1. The Morgan fingerprint density at radius 3 is 2.48 bits per heavy atom. The molecule has 0 saturated carbocycles. The highest BCUT2D eigenvalue weighted by atomic mass is 16.5. The number of aromatic amines is 1. The zero-order valence-electron chi connectivity index (χ0n) is 13.4.